The van der Waals surface area contributed by atoms with Crippen LogP contribution in [0, 0.1) is 5.82 Å². The van der Waals surface area contributed by atoms with E-state index in [4.69, 9.17) is 15.2 Å². The van der Waals surface area contributed by atoms with Gasteiger partial charge in [0.25, 0.3) is 0 Å². The molecule has 0 aliphatic rings. The second-order valence-electron chi connectivity index (χ2n) is 7.40. The zero-order valence-electron chi connectivity index (χ0n) is 17.8. The van der Waals surface area contributed by atoms with Crippen LogP contribution in [0.1, 0.15) is 30.9 Å². The van der Waals surface area contributed by atoms with Crippen LogP contribution in [-0.4, -0.2) is 45.8 Å². The molecular weight excluding hydrogens is 407 g/mol. The number of rotatable bonds is 12. The van der Waals surface area contributed by atoms with Gasteiger partial charge in [-0.05, 0) is 30.2 Å². The van der Waals surface area contributed by atoms with Crippen LogP contribution in [0.5, 0.6) is 5.75 Å². The summed E-state index contributed by atoms with van der Waals surface area (Å²) in [5.41, 5.74) is 5.89. The van der Waals surface area contributed by atoms with Gasteiger partial charge >= 0.3 is 0 Å². The van der Waals surface area contributed by atoms with Crippen LogP contribution in [0.3, 0.4) is 0 Å². The molecule has 0 fully saturated rings. The maximum atomic E-state index is 14.5. The minimum absolute atomic E-state index is 0.0937. The van der Waals surface area contributed by atoms with Crippen molar-refractivity contribution < 1.29 is 22.3 Å². The number of sulfonamides is 1. The molecule has 6 nitrogen and oxygen atoms in total. The Hall–Kier alpha value is -2.00. The number of nitrogens with two attached hydrogens (primary N) is 1. The van der Waals surface area contributed by atoms with Gasteiger partial charge in [-0.25, -0.2) is 17.1 Å². The summed E-state index contributed by atoms with van der Waals surface area (Å²) >= 11 is 0. The SMILES string of the molecule is CCCCOCC(N)(CS(=O)(=O)N(C)Cc1ccc(OC)cc1)c1ccccc1F. The van der Waals surface area contributed by atoms with Crippen LogP contribution >= 0.6 is 0 Å². The fourth-order valence-corrected chi connectivity index (χ4v) is 4.54. The van der Waals surface area contributed by atoms with Crippen molar-refractivity contribution >= 4 is 10.0 Å². The highest BCUT2D eigenvalue weighted by Crippen LogP contribution is 2.26. The summed E-state index contributed by atoms with van der Waals surface area (Å²) in [4.78, 5) is 0. The van der Waals surface area contributed by atoms with Gasteiger partial charge in [0, 0.05) is 25.8 Å². The molecule has 0 spiro atoms. The first-order valence-corrected chi connectivity index (χ1v) is 11.5. The van der Waals surface area contributed by atoms with Gasteiger partial charge in [-0.1, -0.05) is 43.7 Å². The van der Waals surface area contributed by atoms with Crippen molar-refractivity contribution in [2.24, 2.45) is 5.73 Å². The number of hydrogen-bond donors (Lipinski definition) is 1. The van der Waals surface area contributed by atoms with Gasteiger partial charge in [-0.15, -0.1) is 0 Å². The van der Waals surface area contributed by atoms with Crippen LogP contribution in [-0.2, 0) is 26.8 Å². The molecule has 166 valence electrons. The van der Waals surface area contributed by atoms with E-state index in [-0.39, 0.29) is 18.7 Å². The van der Waals surface area contributed by atoms with E-state index in [1.807, 2.05) is 6.92 Å². The molecule has 0 radical (unpaired) electrons. The summed E-state index contributed by atoms with van der Waals surface area (Å²) in [6.45, 7) is 2.53. The van der Waals surface area contributed by atoms with E-state index in [9.17, 15) is 12.8 Å². The van der Waals surface area contributed by atoms with Crippen LogP contribution in [0.4, 0.5) is 4.39 Å². The number of halogens is 1. The number of benzene rings is 2. The fraction of sp³-hybridized carbons (Fsp3) is 0.455. The zero-order chi connectivity index (χ0) is 22.2. The largest absolute Gasteiger partial charge is 0.497 e. The highest BCUT2D eigenvalue weighted by Gasteiger charge is 2.37. The molecule has 2 rings (SSSR count). The first-order chi connectivity index (χ1) is 14.2. The lowest BCUT2D eigenvalue weighted by molar-refractivity contribution is 0.0876. The molecular formula is C22H31FN2O4S. The van der Waals surface area contributed by atoms with Crippen LogP contribution in [0.25, 0.3) is 0 Å². The van der Waals surface area contributed by atoms with Crippen molar-refractivity contribution in [1.82, 2.24) is 4.31 Å². The van der Waals surface area contributed by atoms with Gasteiger partial charge in [-0.3, -0.25) is 0 Å². The number of unbranched alkanes of at least 4 members (excludes halogenated alkanes) is 1. The summed E-state index contributed by atoms with van der Waals surface area (Å²) in [5.74, 6) is -0.333. The second kappa shape index (κ2) is 10.9. The van der Waals surface area contributed by atoms with E-state index >= 15 is 0 Å². The molecule has 0 aliphatic carbocycles. The molecule has 2 N–H and O–H groups in total. The van der Waals surface area contributed by atoms with E-state index in [0.29, 0.717) is 12.4 Å². The average molecular weight is 439 g/mol. The average Bonchev–Trinajstić information content (AvgIpc) is 2.71. The number of nitrogens with zero attached hydrogens (tertiary/aromatic N) is 1. The first-order valence-electron chi connectivity index (χ1n) is 9.90. The van der Waals surface area contributed by atoms with Gasteiger partial charge in [0.1, 0.15) is 11.6 Å². The summed E-state index contributed by atoms with van der Waals surface area (Å²) in [7, 11) is -0.756. The Bertz CT molecular complexity index is 906. The lowest BCUT2D eigenvalue weighted by Gasteiger charge is -2.32. The Morgan fingerprint density at radius 2 is 1.80 bits per heavy atom. The number of ether oxygens (including phenoxy) is 2. The van der Waals surface area contributed by atoms with Gasteiger partial charge in [-0.2, -0.15) is 0 Å². The van der Waals surface area contributed by atoms with E-state index < -0.39 is 27.1 Å². The van der Waals surface area contributed by atoms with Gasteiger partial charge in [0.15, 0.2) is 0 Å². The fourth-order valence-electron chi connectivity index (χ4n) is 3.08. The van der Waals surface area contributed by atoms with E-state index in [2.05, 4.69) is 0 Å². The van der Waals surface area contributed by atoms with Crippen molar-refractivity contribution in [3.63, 3.8) is 0 Å². The predicted molar refractivity (Wildman–Crippen MR) is 116 cm³/mol. The molecule has 8 heteroatoms. The molecule has 0 aliphatic heterocycles. The van der Waals surface area contributed by atoms with Crippen LogP contribution in [0.2, 0.25) is 0 Å². The van der Waals surface area contributed by atoms with E-state index in [1.165, 1.54) is 23.5 Å². The van der Waals surface area contributed by atoms with Crippen LogP contribution < -0.4 is 10.5 Å². The third kappa shape index (κ3) is 6.50. The highest BCUT2D eigenvalue weighted by molar-refractivity contribution is 7.89. The molecule has 0 saturated heterocycles. The van der Waals surface area contributed by atoms with Crippen molar-refractivity contribution in [2.75, 3.05) is 33.1 Å². The molecule has 1 atom stereocenters. The molecule has 0 saturated carbocycles. The van der Waals surface area contributed by atoms with Crippen LogP contribution in [0.15, 0.2) is 48.5 Å². The lowest BCUT2D eigenvalue weighted by atomic mass is 9.93. The zero-order valence-corrected chi connectivity index (χ0v) is 18.6. The monoisotopic (exact) mass is 438 g/mol. The number of methoxy groups -OCH3 is 1. The highest BCUT2D eigenvalue weighted by atomic mass is 32.2. The van der Waals surface area contributed by atoms with Gasteiger partial charge < -0.3 is 15.2 Å². The number of hydrogen-bond acceptors (Lipinski definition) is 5. The molecule has 0 amide bonds. The summed E-state index contributed by atoms with van der Waals surface area (Å²) in [5, 5.41) is 0. The Balaban J connectivity index is 2.21. The molecule has 2 aromatic rings. The quantitative estimate of drug-likeness (QED) is 0.515. The summed E-state index contributed by atoms with van der Waals surface area (Å²) < 4.78 is 52.7. The predicted octanol–water partition coefficient (Wildman–Crippen LogP) is 3.27. The van der Waals surface area contributed by atoms with Crippen molar-refractivity contribution in [3.05, 3.63) is 65.5 Å². The molecule has 0 aromatic heterocycles. The normalized spacial score (nSPS) is 13.9. The second-order valence-corrected chi connectivity index (χ2v) is 9.48. The van der Waals surface area contributed by atoms with Crippen molar-refractivity contribution in [1.29, 1.82) is 0 Å². The Morgan fingerprint density at radius 3 is 2.40 bits per heavy atom. The smallest absolute Gasteiger partial charge is 0.216 e. The molecule has 2 aromatic carbocycles. The minimum Gasteiger partial charge on any atom is -0.497 e. The van der Waals surface area contributed by atoms with Crippen molar-refractivity contribution in [2.45, 2.75) is 31.8 Å². The Kier molecular flexibility index (Phi) is 8.78. The molecule has 1 unspecified atom stereocenters. The standard InChI is InChI=1S/C22H31FN2O4S/c1-4-5-14-29-16-22(24,20-8-6-7-9-21(20)23)17-30(26,27)25(2)15-18-10-12-19(28-3)13-11-18/h6-13H,4-5,14-17,24H2,1-3H3. The Labute approximate surface area is 178 Å². The molecule has 30 heavy (non-hydrogen) atoms. The maximum absolute atomic E-state index is 14.5. The molecule has 0 bridgehead atoms. The van der Waals surface area contributed by atoms with Gasteiger partial charge in [0.05, 0.1) is 25.0 Å². The lowest BCUT2D eigenvalue weighted by Crippen LogP contribution is -2.50. The van der Waals surface area contributed by atoms with Crippen molar-refractivity contribution in [3.8, 4) is 5.75 Å². The Morgan fingerprint density at radius 1 is 1.13 bits per heavy atom. The third-order valence-corrected chi connectivity index (χ3v) is 6.85. The summed E-state index contributed by atoms with van der Waals surface area (Å²) in [6.07, 6.45) is 1.75. The van der Waals surface area contributed by atoms with E-state index in [1.54, 1.807) is 43.5 Å². The van der Waals surface area contributed by atoms with Gasteiger partial charge in [0.2, 0.25) is 10.0 Å². The maximum Gasteiger partial charge on any atom is 0.216 e. The topological polar surface area (TPSA) is 81.9 Å². The van der Waals surface area contributed by atoms with E-state index in [0.717, 1.165) is 18.4 Å². The minimum atomic E-state index is -3.81. The first kappa shape index (κ1) is 24.3. The summed E-state index contributed by atoms with van der Waals surface area (Å²) in [6, 6.07) is 13.1. The third-order valence-electron chi connectivity index (χ3n) is 4.89. The molecule has 0 heterocycles.